The minimum absolute atomic E-state index is 0.0609. The van der Waals surface area contributed by atoms with Gasteiger partial charge in [0.15, 0.2) is 6.61 Å². The van der Waals surface area contributed by atoms with Crippen LogP contribution >= 0.6 is 0 Å². The SMILES string of the molecule is CCC(C)c1cc([N+](=O)[O-])cc([N+](=O)[O-])c1OC(=O)OCC(F)(F)C(F)(F)C(F)C(F)(F)C(F)(F)C(F)(F)C(F)(F)C(F)(F)C(F)(F)C(F)(F)C(F)(F)F. The van der Waals surface area contributed by atoms with Gasteiger partial charge in [0.2, 0.25) is 11.9 Å². The Bertz CT molecular complexity index is 1600. The van der Waals surface area contributed by atoms with Crippen molar-refractivity contribution in [3.05, 3.63) is 37.9 Å². The molecule has 1 aromatic rings. The number of halogens is 22. The number of hydrogen-bond donors (Lipinski definition) is 0. The molecule has 0 aliphatic carbocycles. The molecule has 0 aliphatic heterocycles. The zero-order valence-corrected chi connectivity index (χ0v) is 25.3. The molecule has 0 amide bonds. The predicted molar refractivity (Wildman–Crippen MR) is 126 cm³/mol. The highest BCUT2D eigenvalue weighted by atomic mass is 19.4. The van der Waals surface area contributed by atoms with E-state index >= 15 is 0 Å². The summed E-state index contributed by atoms with van der Waals surface area (Å²) in [6.45, 7) is -1.24. The lowest BCUT2D eigenvalue weighted by atomic mass is 9.86. The molecule has 0 radical (unpaired) electrons. The highest BCUT2D eigenvalue weighted by molar-refractivity contribution is 5.70. The summed E-state index contributed by atoms with van der Waals surface area (Å²) < 4.78 is 305. The van der Waals surface area contributed by atoms with E-state index in [0.29, 0.717) is 6.07 Å². The number of hydrogen-bond acceptors (Lipinski definition) is 7. The summed E-state index contributed by atoms with van der Waals surface area (Å²) in [5, 5.41) is 22.4. The average Bonchev–Trinajstić information content (AvgIpc) is 3.01. The minimum Gasteiger partial charge on any atom is -0.427 e. The van der Waals surface area contributed by atoms with Gasteiger partial charge in [-0.3, -0.25) is 20.2 Å². The third-order valence-corrected chi connectivity index (χ3v) is 7.06. The number of carbonyl (C=O) groups is 1. The number of ether oxygens (including phenoxy) is 2. The Morgan fingerprint density at radius 1 is 0.667 bits per heavy atom. The van der Waals surface area contributed by atoms with Crippen molar-refractivity contribution in [1.29, 1.82) is 0 Å². The topological polar surface area (TPSA) is 122 Å². The van der Waals surface area contributed by atoms with E-state index < -0.39 is 117 Å². The molecule has 0 aliphatic rings. The molecule has 0 spiro atoms. The maximum Gasteiger partial charge on any atom is 0.514 e. The Hall–Kier alpha value is -4.25. The van der Waals surface area contributed by atoms with E-state index in [1.165, 1.54) is 6.92 Å². The third kappa shape index (κ3) is 7.28. The molecular formula is C23H14F22N2O7. The van der Waals surface area contributed by atoms with Crippen LogP contribution < -0.4 is 4.74 Å². The third-order valence-electron chi connectivity index (χ3n) is 7.06. The maximum absolute atomic E-state index is 14.2. The van der Waals surface area contributed by atoms with E-state index in [2.05, 4.69) is 9.47 Å². The van der Waals surface area contributed by atoms with E-state index in [4.69, 9.17) is 0 Å². The van der Waals surface area contributed by atoms with Crippen LogP contribution in [0.3, 0.4) is 0 Å². The van der Waals surface area contributed by atoms with Gasteiger partial charge >= 0.3 is 71.3 Å². The largest absolute Gasteiger partial charge is 0.514 e. The fraction of sp³-hybridized carbons (Fsp3) is 0.696. The molecular weight excluding hydrogens is 834 g/mol. The highest BCUT2D eigenvalue weighted by Gasteiger charge is 2.96. The van der Waals surface area contributed by atoms with Crippen molar-refractivity contribution in [3.63, 3.8) is 0 Å². The molecule has 0 heterocycles. The van der Waals surface area contributed by atoms with Gasteiger partial charge in [0.05, 0.1) is 15.9 Å². The number of nitro groups is 2. The average molecular weight is 848 g/mol. The van der Waals surface area contributed by atoms with Gasteiger partial charge in [-0.15, -0.1) is 0 Å². The summed E-state index contributed by atoms with van der Waals surface area (Å²) in [7, 11) is 0. The second kappa shape index (κ2) is 14.1. The lowest BCUT2D eigenvalue weighted by molar-refractivity contribution is -0.466. The number of carbonyl (C=O) groups excluding carboxylic acids is 1. The van der Waals surface area contributed by atoms with Gasteiger partial charge in [0.25, 0.3) is 5.69 Å². The van der Waals surface area contributed by atoms with Gasteiger partial charge in [0, 0.05) is 11.6 Å². The van der Waals surface area contributed by atoms with E-state index in [1.54, 1.807) is 0 Å². The van der Waals surface area contributed by atoms with E-state index in [9.17, 15) is 122 Å². The summed E-state index contributed by atoms with van der Waals surface area (Å²) in [5.41, 5.74) is -3.33. The van der Waals surface area contributed by atoms with E-state index in [-0.39, 0.29) is 12.5 Å². The van der Waals surface area contributed by atoms with Crippen LogP contribution in [0.4, 0.5) is 113 Å². The highest BCUT2D eigenvalue weighted by Crippen LogP contribution is 2.65. The van der Waals surface area contributed by atoms with Crippen LogP contribution in [0.15, 0.2) is 12.1 Å². The number of nitrogens with zero attached hydrogens (tertiary/aromatic N) is 2. The maximum atomic E-state index is 14.2. The van der Waals surface area contributed by atoms with Crippen LogP contribution in [0.5, 0.6) is 5.75 Å². The molecule has 0 aromatic heterocycles. The Kier molecular flexibility index (Phi) is 12.5. The number of alkyl halides is 22. The summed E-state index contributed by atoms with van der Waals surface area (Å²) in [5.74, 6) is -80.7. The molecule has 0 saturated heterocycles. The first-order valence-corrected chi connectivity index (χ1v) is 13.0. The van der Waals surface area contributed by atoms with Crippen molar-refractivity contribution >= 4 is 17.5 Å². The van der Waals surface area contributed by atoms with E-state index in [1.807, 2.05) is 0 Å². The second-order valence-corrected chi connectivity index (χ2v) is 10.6. The Labute approximate surface area is 281 Å². The lowest BCUT2D eigenvalue weighted by Gasteiger charge is -2.44. The van der Waals surface area contributed by atoms with Gasteiger partial charge in [-0.25, -0.2) is 9.18 Å². The Morgan fingerprint density at radius 3 is 1.44 bits per heavy atom. The zero-order valence-electron chi connectivity index (χ0n) is 25.3. The number of non-ortho nitro benzene ring substituents is 1. The van der Waals surface area contributed by atoms with E-state index in [0.717, 1.165) is 6.92 Å². The molecule has 0 fully saturated rings. The van der Waals surface area contributed by atoms with Gasteiger partial charge in [-0.05, 0) is 12.3 Å². The minimum atomic E-state index is -9.36. The monoisotopic (exact) mass is 848 g/mol. The summed E-state index contributed by atoms with van der Waals surface area (Å²) in [6, 6.07) is 0.534. The number of nitro benzene ring substituents is 2. The first kappa shape index (κ1) is 47.8. The van der Waals surface area contributed by atoms with Crippen LogP contribution in [0.25, 0.3) is 0 Å². The first-order valence-electron chi connectivity index (χ1n) is 13.0. The molecule has 0 N–H and O–H groups in total. The van der Waals surface area contributed by atoms with Crippen molar-refractivity contribution in [1.82, 2.24) is 0 Å². The van der Waals surface area contributed by atoms with Gasteiger partial charge in [0.1, 0.15) is 0 Å². The van der Waals surface area contributed by atoms with Crippen LogP contribution in [0, 0.1) is 20.2 Å². The smallest absolute Gasteiger partial charge is 0.427 e. The Morgan fingerprint density at radius 2 is 1.07 bits per heavy atom. The second-order valence-electron chi connectivity index (χ2n) is 10.6. The standard InChI is InChI=1S/C23H14F22N2O7/c1-3-7(2)9-4-8(46(49)50)5-10(47(51)52)11(9)54-13(48)53-6-14(25,26)15(27,28)12(24)16(29,30)17(31,32)18(33,34)19(35,36)20(37,38)21(39,40)22(41,42)23(43,44)45/h4-5,7,12H,3,6H2,1-2H3. The quantitative estimate of drug-likeness (QED) is 0.0534. The van der Waals surface area contributed by atoms with Crippen LogP contribution in [-0.2, 0) is 4.74 Å². The zero-order chi connectivity index (χ0) is 43.4. The van der Waals surface area contributed by atoms with Crippen LogP contribution in [-0.4, -0.2) is 88.3 Å². The Balaban J connectivity index is 3.59. The van der Waals surface area contributed by atoms with Crippen molar-refractivity contribution in [2.24, 2.45) is 0 Å². The fourth-order valence-electron chi connectivity index (χ4n) is 3.67. The molecule has 9 nitrogen and oxygen atoms in total. The van der Waals surface area contributed by atoms with Gasteiger partial charge in [-0.1, -0.05) is 13.8 Å². The normalized spacial score (nSPS) is 15.8. The fourth-order valence-corrected chi connectivity index (χ4v) is 3.67. The molecule has 2 atom stereocenters. The lowest BCUT2D eigenvalue weighted by Crippen LogP contribution is -2.76. The molecule has 1 rings (SSSR count). The van der Waals surface area contributed by atoms with Crippen molar-refractivity contribution < 1.29 is 121 Å². The number of rotatable bonds is 16. The molecule has 31 heteroatoms. The van der Waals surface area contributed by atoms with Crippen molar-refractivity contribution in [2.75, 3.05) is 6.61 Å². The van der Waals surface area contributed by atoms with Gasteiger partial charge in [-0.2, -0.15) is 92.2 Å². The van der Waals surface area contributed by atoms with Crippen molar-refractivity contribution in [3.8, 4) is 5.75 Å². The molecule has 312 valence electrons. The summed E-state index contributed by atoms with van der Waals surface area (Å²) in [6.07, 6.45) is -18.2. The predicted octanol–water partition coefficient (Wildman–Crippen LogP) is 10.1. The summed E-state index contributed by atoms with van der Waals surface area (Å²) in [4.78, 5) is 31.6. The molecule has 1 aromatic carbocycles. The van der Waals surface area contributed by atoms with Crippen LogP contribution in [0.2, 0.25) is 0 Å². The molecule has 2 unspecified atom stereocenters. The number of benzene rings is 1. The molecule has 54 heavy (non-hydrogen) atoms. The van der Waals surface area contributed by atoms with Crippen LogP contribution in [0.1, 0.15) is 31.7 Å². The molecule has 0 saturated carbocycles. The van der Waals surface area contributed by atoms with Crippen molar-refractivity contribution in [2.45, 2.75) is 91.8 Å². The first-order chi connectivity index (χ1) is 23.6. The van der Waals surface area contributed by atoms with Gasteiger partial charge < -0.3 is 9.47 Å². The molecule has 0 bridgehead atoms. The summed E-state index contributed by atoms with van der Waals surface area (Å²) >= 11 is 0.